The molecule has 28 heavy (non-hydrogen) atoms. The Labute approximate surface area is 170 Å². The lowest BCUT2D eigenvalue weighted by Crippen LogP contribution is -2.18. The highest BCUT2D eigenvalue weighted by Gasteiger charge is 2.26. The number of alkyl halides is 3. The van der Waals surface area contributed by atoms with E-state index in [1.54, 1.807) is 18.3 Å². The van der Waals surface area contributed by atoms with Gasteiger partial charge in [-0.25, -0.2) is 0 Å². The zero-order valence-electron chi connectivity index (χ0n) is 16.1. The molecule has 0 unspecified atom stereocenters. The van der Waals surface area contributed by atoms with E-state index >= 15 is 0 Å². The summed E-state index contributed by atoms with van der Waals surface area (Å²) in [6, 6.07) is 4.62. The van der Waals surface area contributed by atoms with Crippen molar-refractivity contribution >= 4 is 29.0 Å². The van der Waals surface area contributed by atoms with Crippen LogP contribution in [-0.2, 0) is 12.0 Å². The molecule has 154 valence electrons. The van der Waals surface area contributed by atoms with Crippen molar-refractivity contribution in [1.82, 2.24) is 3.96 Å². The van der Waals surface area contributed by atoms with E-state index in [2.05, 4.69) is 4.99 Å². The molecule has 0 aliphatic rings. The van der Waals surface area contributed by atoms with Gasteiger partial charge in [0, 0.05) is 28.7 Å². The van der Waals surface area contributed by atoms with E-state index in [1.807, 2.05) is 24.7 Å². The lowest BCUT2D eigenvalue weighted by Gasteiger charge is -2.19. The van der Waals surface area contributed by atoms with Gasteiger partial charge in [0.05, 0.1) is 12.7 Å². The Kier molecular flexibility index (Phi) is 6.98. The molecule has 2 aromatic rings. The summed E-state index contributed by atoms with van der Waals surface area (Å²) in [7, 11) is 1.43. The van der Waals surface area contributed by atoms with Crippen LogP contribution in [0.1, 0.15) is 49.5 Å². The number of carbonyl (C=O) groups excluding carboxylic acids is 1. The van der Waals surface area contributed by atoms with Crippen molar-refractivity contribution in [2.75, 3.05) is 7.11 Å². The minimum Gasteiger partial charge on any atom is -0.496 e. The first-order valence-electron chi connectivity index (χ1n) is 8.62. The van der Waals surface area contributed by atoms with Crippen molar-refractivity contribution in [3.8, 4) is 5.75 Å². The number of halogens is 4. The maximum Gasteiger partial charge on any atom is 0.389 e. The number of ether oxygens (including phenoxy) is 1. The largest absolute Gasteiger partial charge is 0.496 e. The smallest absolute Gasteiger partial charge is 0.389 e. The topological polar surface area (TPSA) is 43.6 Å². The predicted molar refractivity (Wildman–Crippen MR) is 104 cm³/mol. The van der Waals surface area contributed by atoms with Crippen LogP contribution in [0.3, 0.4) is 0 Å². The third kappa shape index (κ3) is 6.10. The summed E-state index contributed by atoms with van der Waals surface area (Å²) in [5.41, 5.74) is 0.527. The lowest BCUT2D eigenvalue weighted by molar-refractivity contribution is -0.135. The van der Waals surface area contributed by atoms with E-state index in [0.29, 0.717) is 21.0 Å². The van der Waals surface area contributed by atoms with Gasteiger partial charge in [-0.05, 0) is 63.3 Å². The van der Waals surface area contributed by atoms with E-state index in [0.717, 1.165) is 0 Å². The summed E-state index contributed by atoms with van der Waals surface area (Å²) in [5, 5.41) is 0.362. The van der Waals surface area contributed by atoms with Crippen LogP contribution in [0, 0.1) is 0 Å². The Morgan fingerprint density at radius 2 is 1.96 bits per heavy atom. The summed E-state index contributed by atoms with van der Waals surface area (Å²) in [6.45, 7) is 5.90. The van der Waals surface area contributed by atoms with Crippen LogP contribution in [0.2, 0.25) is 5.02 Å². The fourth-order valence-corrected chi connectivity index (χ4v) is 3.66. The number of amides is 1. The summed E-state index contributed by atoms with van der Waals surface area (Å²) < 4.78 is 45.0. The molecule has 9 heteroatoms. The van der Waals surface area contributed by atoms with Crippen molar-refractivity contribution in [1.29, 1.82) is 0 Å². The van der Waals surface area contributed by atoms with Crippen LogP contribution >= 0.6 is 23.1 Å². The van der Waals surface area contributed by atoms with Crippen molar-refractivity contribution in [3.63, 3.8) is 0 Å². The molecular weight excluding hydrogens is 413 g/mol. The van der Waals surface area contributed by atoms with Crippen molar-refractivity contribution in [2.45, 2.75) is 51.7 Å². The van der Waals surface area contributed by atoms with E-state index < -0.39 is 18.5 Å². The summed E-state index contributed by atoms with van der Waals surface area (Å²) >= 11 is 7.21. The van der Waals surface area contributed by atoms with E-state index in [4.69, 9.17) is 16.3 Å². The van der Waals surface area contributed by atoms with E-state index in [1.165, 1.54) is 24.7 Å². The fourth-order valence-electron chi connectivity index (χ4n) is 2.45. The van der Waals surface area contributed by atoms with Crippen molar-refractivity contribution < 1.29 is 22.7 Å². The van der Waals surface area contributed by atoms with Gasteiger partial charge in [0.15, 0.2) is 0 Å². The van der Waals surface area contributed by atoms with Crippen molar-refractivity contribution in [2.24, 2.45) is 4.99 Å². The molecule has 0 N–H and O–H groups in total. The Morgan fingerprint density at radius 1 is 1.29 bits per heavy atom. The molecule has 2 rings (SSSR count). The second kappa shape index (κ2) is 8.69. The van der Waals surface area contributed by atoms with Gasteiger partial charge in [0.25, 0.3) is 5.91 Å². The molecular formula is C19H22ClF3N2O2S. The quantitative estimate of drug-likeness (QED) is 0.615. The second-order valence-electron chi connectivity index (χ2n) is 7.28. The Bertz CT molecular complexity index is 911. The maximum absolute atomic E-state index is 12.7. The SMILES string of the molecule is COc1ccc(Cl)cc1C(=O)/N=c1\sn(C(C)(C)C)cc1CCCC(F)(F)F. The number of aromatic nitrogens is 1. The van der Waals surface area contributed by atoms with E-state index in [-0.39, 0.29) is 23.9 Å². The Balaban J connectivity index is 2.43. The maximum atomic E-state index is 12.7. The van der Waals surface area contributed by atoms with Crippen LogP contribution in [0.5, 0.6) is 5.75 Å². The molecule has 0 saturated carbocycles. The van der Waals surface area contributed by atoms with Gasteiger partial charge in [-0.3, -0.25) is 8.75 Å². The molecule has 1 heterocycles. The van der Waals surface area contributed by atoms with Crippen LogP contribution < -0.4 is 9.41 Å². The summed E-state index contributed by atoms with van der Waals surface area (Å²) in [5.74, 6) is -0.226. The number of hydrogen-bond donors (Lipinski definition) is 0. The lowest BCUT2D eigenvalue weighted by atomic mass is 10.1. The molecule has 0 spiro atoms. The zero-order chi connectivity index (χ0) is 21.1. The highest BCUT2D eigenvalue weighted by atomic mass is 35.5. The molecule has 0 aliphatic carbocycles. The molecule has 0 saturated heterocycles. The van der Waals surface area contributed by atoms with Crippen LogP contribution in [0.25, 0.3) is 0 Å². The van der Waals surface area contributed by atoms with Gasteiger partial charge in [0.1, 0.15) is 10.4 Å². The molecule has 0 bridgehead atoms. The van der Waals surface area contributed by atoms with Crippen LogP contribution in [0.4, 0.5) is 13.2 Å². The molecule has 1 amide bonds. The van der Waals surface area contributed by atoms with Gasteiger partial charge in [-0.2, -0.15) is 18.2 Å². The van der Waals surface area contributed by atoms with Gasteiger partial charge >= 0.3 is 6.18 Å². The van der Waals surface area contributed by atoms with Crippen molar-refractivity contribution in [3.05, 3.63) is 45.2 Å². The first kappa shape index (κ1) is 22.5. The minimum absolute atomic E-state index is 0.0679. The molecule has 1 aromatic carbocycles. The second-order valence-corrected chi connectivity index (χ2v) is 8.68. The summed E-state index contributed by atoms with van der Waals surface area (Å²) in [4.78, 5) is 16.9. The minimum atomic E-state index is -4.21. The molecule has 0 aliphatic heterocycles. The van der Waals surface area contributed by atoms with Crippen LogP contribution in [-0.4, -0.2) is 23.1 Å². The number of aryl methyl sites for hydroxylation is 1. The van der Waals surface area contributed by atoms with Crippen LogP contribution in [0.15, 0.2) is 29.4 Å². The van der Waals surface area contributed by atoms with Gasteiger partial charge in [0.2, 0.25) is 0 Å². The predicted octanol–water partition coefficient (Wildman–Crippen LogP) is 5.59. The summed E-state index contributed by atoms with van der Waals surface area (Å²) in [6.07, 6.45) is -3.22. The zero-order valence-corrected chi connectivity index (χ0v) is 17.6. The number of rotatable bonds is 5. The number of nitrogens with zero attached hydrogens (tertiary/aromatic N) is 2. The number of methoxy groups -OCH3 is 1. The molecule has 0 atom stereocenters. The molecule has 4 nitrogen and oxygen atoms in total. The Hall–Kier alpha value is -1.80. The normalized spacial score (nSPS) is 13.1. The molecule has 1 aromatic heterocycles. The van der Waals surface area contributed by atoms with Gasteiger partial charge in [-0.1, -0.05) is 11.6 Å². The first-order valence-corrected chi connectivity index (χ1v) is 9.77. The fraction of sp³-hybridized carbons (Fsp3) is 0.474. The highest BCUT2D eigenvalue weighted by molar-refractivity contribution is 7.04. The standard InChI is InChI=1S/C19H22ClF3N2O2S/c1-18(2,3)25-11-12(6-5-9-19(21,22)23)17(28-25)24-16(26)14-10-13(20)7-8-15(14)27-4/h7-8,10-11H,5-6,9H2,1-4H3/b24-17-. The third-order valence-corrected chi connectivity index (χ3v) is 5.51. The number of benzene rings is 1. The average Bonchev–Trinajstić information content (AvgIpc) is 2.96. The van der Waals surface area contributed by atoms with Gasteiger partial charge in [-0.15, -0.1) is 0 Å². The first-order chi connectivity index (χ1) is 12.9. The number of carbonyl (C=O) groups is 1. The Morgan fingerprint density at radius 3 is 2.54 bits per heavy atom. The average molecular weight is 435 g/mol. The van der Waals surface area contributed by atoms with E-state index in [9.17, 15) is 18.0 Å². The third-order valence-electron chi connectivity index (χ3n) is 3.90. The van der Waals surface area contributed by atoms with Gasteiger partial charge < -0.3 is 4.74 Å². The molecule has 0 fully saturated rings. The monoisotopic (exact) mass is 434 g/mol. The number of hydrogen-bond acceptors (Lipinski definition) is 3. The molecule has 0 radical (unpaired) electrons. The highest BCUT2D eigenvalue weighted by Crippen LogP contribution is 2.25.